The Hall–Kier alpha value is -1.72. The third-order valence-electron chi connectivity index (χ3n) is 2.65. The molecule has 2 aromatic carbocycles. The molecule has 2 aromatic rings. The van der Waals surface area contributed by atoms with Crippen LogP contribution >= 0.6 is 11.6 Å². The summed E-state index contributed by atoms with van der Waals surface area (Å²) in [5, 5.41) is 0.462. The van der Waals surface area contributed by atoms with Gasteiger partial charge in [0, 0.05) is 5.02 Å². The molecule has 0 radical (unpaired) electrons. The third-order valence-corrected chi connectivity index (χ3v) is 4.33. The van der Waals surface area contributed by atoms with Crippen LogP contribution in [0, 0.1) is 6.92 Å². The molecule has 100 valence electrons. The first-order valence-corrected chi connectivity index (χ1v) is 7.40. The van der Waals surface area contributed by atoms with Crippen molar-refractivity contribution in [3.05, 3.63) is 53.1 Å². The number of hydrogen-bond donors (Lipinski definition) is 2. The second-order valence-corrected chi connectivity index (χ2v) is 6.19. The number of anilines is 2. The Bertz CT molecular complexity index is 714. The standard InChI is InChI=1S/C13H13ClN2O2S/c1-9-6-7-10(14)8-12(9)16-19(17,18)13-5-3-2-4-11(13)15/h2-8,16H,15H2,1H3. The van der Waals surface area contributed by atoms with Gasteiger partial charge in [-0.2, -0.15) is 0 Å². The van der Waals surface area contributed by atoms with Gasteiger partial charge in [-0.05, 0) is 36.8 Å². The van der Waals surface area contributed by atoms with Gasteiger partial charge in [-0.15, -0.1) is 0 Å². The molecule has 3 N–H and O–H groups in total. The fourth-order valence-corrected chi connectivity index (χ4v) is 3.06. The van der Waals surface area contributed by atoms with E-state index in [1.54, 1.807) is 43.3 Å². The van der Waals surface area contributed by atoms with Crippen LogP contribution in [0.5, 0.6) is 0 Å². The first kappa shape index (κ1) is 13.7. The van der Waals surface area contributed by atoms with Gasteiger partial charge in [-0.1, -0.05) is 29.8 Å². The zero-order valence-electron chi connectivity index (χ0n) is 10.2. The maximum atomic E-state index is 12.3. The summed E-state index contributed by atoms with van der Waals surface area (Å²) < 4.78 is 27.0. The van der Waals surface area contributed by atoms with Crippen molar-refractivity contribution in [2.24, 2.45) is 0 Å². The van der Waals surface area contributed by atoms with Gasteiger partial charge in [0.05, 0.1) is 11.4 Å². The molecule has 0 aliphatic heterocycles. The number of halogens is 1. The van der Waals surface area contributed by atoms with Gasteiger partial charge < -0.3 is 5.73 Å². The van der Waals surface area contributed by atoms with Gasteiger partial charge in [0.15, 0.2) is 0 Å². The molecule has 0 bridgehead atoms. The van der Waals surface area contributed by atoms with Crippen molar-refractivity contribution >= 4 is 33.0 Å². The zero-order valence-corrected chi connectivity index (χ0v) is 11.8. The highest BCUT2D eigenvalue weighted by Gasteiger charge is 2.17. The Morgan fingerprint density at radius 3 is 2.53 bits per heavy atom. The quantitative estimate of drug-likeness (QED) is 0.855. The number of para-hydroxylation sites is 1. The molecule has 6 heteroatoms. The molecular weight excluding hydrogens is 284 g/mol. The summed E-state index contributed by atoms with van der Waals surface area (Å²) in [5.74, 6) is 0. The number of nitrogens with one attached hydrogen (secondary N) is 1. The predicted octanol–water partition coefficient (Wildman–Crippen LogP) is 3.03. The van der Waals surface area contributed by atoms with Crippen LogP contribution in [0.15, 0.2) is 47.4 Å². The summed E-state index contributed by atoms with van der Waals surface area (Å²) >= 11 is 5.86. The summed E-state index contributed by atoms with van der Waals surface area (Å²) in [6.07, 6.45) is 0. The van der Waals surface area contributed by atoms with Gasteiger partial charge in [0.2, 0.25) is 0 Å². The summed E-state index contributed by atoms with van der Waals surface area (Å²) in [4.78, 5) is 0.0503. The van der Waals surface area contributed by atoms with Crippen LogP contribution in [0.4, 0.5) is 11.4 Å². The van der Waals surface area contributed by atoms with E-state index in [1.807, 2.05) is 0 Å². The lowest BCUT2D eigenvalue weighted by Gasteiger charge is -2.12. The SMILES string of the molecule is Cc1ccc(Cl)cc1NS(=O)(=O)c1ccccc1N. The van der Waals surface area contributed by atoms with E-state index in [9.17, 15) is 8.42 Å². The van der Waals surface area contributed by atoms with Crippen LogP contribution in [0.25, 0.3) is 0 Å². The van der Waals surface area contributed by atoms with E-state index in [2.05, 4.69) is 4.72 Å². The van der Waals surface area contributed by atoms with E-state index in [0.717, 1.165) is 5.56 Å². The average Bonchev–Trinajstić information content (AvgIpc) is 2.34. The van der Waals surface area contributed by atoms with Gasteiger partial charge in [-0.25, -0.2) is 8.42 Å². The second kappa shape index (κ2) is 5.11. The fourth-order valence-electron chi connectivity index (χ4n) is 1.63. The van der Waals surface area contributed by atoms with Gasteiger partial charge >= 0.3 is 0 Å². The largest absolute Gasteiger partial charge is 0.398 e. The average molecular weight is 297 g/mol. The Morgan fingerprint density at radius 1 is 1.16 bits per heavy atom. The van der Waals surface area contributed by atoms with Crippen LogP contribution in [-0.2, 0) is 10.0 Å². The monoisotopic (exact) mass is 296 g/mol. The Balaban J connectivity index is 2.43. The van der Waals surface area contributed by atoms with Crippen molar-refractivity contribution in [2.75, 3.05) is 10.5 Å². The third kappa shape index (κ3) is 3.00. The normalized spacial score (nSPS) is 11.3. The van der Waals surface area contributed by atoms with Crippen LogP contribution in [0.1, 0.15) is 5.56 Å². The molecule has 0 heterocycles. The highest BCUT2D eigenvalue weighted by atomic mass is 35.5. The predicted molar refractivity (Wildman–Crippen MR) is 77.9 cm³/mol. The van der Waals surface area contributed by atoms with Gasteiger partial charge in [0.25, 0.3) is 10.0 Å². The van der Waals surface area contributed by atoms with Crippen LogP contribution in [0.2, 0.25) is 5.02 Å². The minimum Gasteiger partial charge on any atom is -0.398 e. The maximum Gasteiger partial charge on any atom is 0.263 e. The molecule has 0 aliphatic carbocycles. The maximum absolute atomic E-state index is 12.3. The van der Waals surface area contributed by atoms with Crippen molar-refractivity contribution in [1.29, 1.82) is 0 Å². The molecule has 0 atom stereocenters. The molecule has 0 spiro atoms. The molecule has 2 rings (SSSR count). The van der Waals surface area contributed by atoms with Crippen molar-refractivity contribution in [3.8, 4) is 0 Å². The minimum atomic E-state index is -3.72. The molecule has 0 saturated carbocycles. The van der Waals surface area contributed by atoms with E-state index in [-0.39, 0.29) is 10.6 Å². The van der Waals surface area contributed by atoms with Crippen LogP contribution in [0.3, 0.4) is 0 Å². The van der Waals surface area contributed by atoms with E-state index in [4.69, 9.17) is 17.3 Å². The highest BCUT2D eigenvalue weighted by Crippen LogP contribution is 2.25. The summed E-state index contributed by atoms with van der Waals surface area (Å²) in [6.45, 7) is 1.79. The van der Waals surface area contributed by atoms with Crippen LogP contribution < -0.4 is 10.5 Å². The molecule has 19 heavy (non-hydrogen) atoms. The molecule has 0 saturated heterocycles. The van der Waals surface area contributed by atoms with E-state index in [0.29, 0.717) is 10.7 Å². The molecule has 0 fully saturated rings. The van der Waals surface area contributed by atoms with Crippen molar-refractivity contribution < 1.29 is 8.42 Å². The van der Waals surface area contributed by atoms with E-state index < -0.39 is 10.0 Å². The topological polar surface area (TPSA) is 72.2 Å². The molecule has 0 amide bonds. The highest BCUT2D eigenvalue weighted by molar-refractivity contribution is 7.92. The van der Waals surface area contributed by atoms with Crippen LogP contribution in [-0.4, -0.2) is 8.42 Å². The molecular formula is C13H13ClN2O2S. The van der Waals surface area contributed by atoms with Crippen molar-refractivity contribution in [3.63, 3.8) is 0 Å². The number of sulfonamides is 1. The molecule has 0 unspecified atom stereocenters. The number of benzene rings is 2. The van der Waals surface area contributed by atoms with E-state index >= 15 is 0 Å². The number of hydrogen-bond acceptors (Lipinski definition) is 3. The number of aryl methyl sites for hydroxylation is 1. The lowest BCUT2D eigenvalue weighted by Crippen LogP contribution is -2.15. The van der Waals surface area contributed by atoms with E-state index in [1.165, 1.54) is 6.07 Å². The van der Waals surface area contributed by atoms with Gasteiger partial charge in [0.1, 0.15) is 4.90 Å². The van der Waals surface area contributed by atoms with Crippen molar-refractivity contribution in [1.82, 2.24) is 0 Å². The minimum absolute atomic E-state index is 0.0503. The summed E-state index contributed by atoms with van der Waals surface area (Å²) in [6, 6.07) is 11.3. The van der Waals surface area contributed by atoms with Gasteiger partial charge in [-0.3, -0.25) is 4.72 Å². The smallest absolute Gasteiger partial charge is 0.263 e. The number of nitrogen functional groups attached to an aromatic ring is 1. The number of rotatable bonds is 3. The lowest BCUT2D eigenvalue weighted by atomic mass is 10.2. The first-order chi connectivity index (χ1) is 8.90. The summed E-state index contributed by atoms with van der Waals surface area (Å²) in [7, 11) is -3.72. The second-order valence-electron chi connectivity index (χ2n) is 4.10. The zero-order chi connectivity index (χ0) is 14.0. The summed E-state index contributed by atoms with van der Waals surface area (Å²) in [5.41, 5.74) is 7.11. The number of nitrogens with two attached hydrogens (primary N) is 1. The Labute approximate surface area is 117 Å². The van der Waals surface area contributed by atoms with Crippen molar-refractivity contribution in [2.45, 2.75) is 11.8 Å². The molecule has 0 aliphatic rings. The molecule has 0 aromatic heterocycles. The Morgan fingerprint density at radius 2 is 1.84 bits per heavy atom. The lowest BCUT2D eigenvalue weighted by molar-refractivity contribution is 0.601. The Kier molecular flexibility index (Phi) is 3.68. The fraction of sp³-hybridized carbons (Fsp3) is 0.0769. The first-order valence-electron chi connectivity index (χ1n) is 5.53. The molecule has 4 nitrogen and oxygen atoms in total.